The van der Waals surface area contributed by atoms with E-state index in [0.29, 0.717) is 19.3 Å². The number of anilines is 1. The molecule has 0 aromatic heterocycles. The molecule has 0 aliphatic carbocycles. The quantitative estimate of drug-likeness (QED) is 0.781. The van der Waals surface area contributed by atoms with E-state index in [-0.39, 0.29) is 11.9 Å². The van der Waals surface area contributed by atoms with Crippen LogP contribution in [0.25, 0.3) is 0 Å². The van der Waals surface area contributed by atoms with E-state index >= 15 is 0 Å². The van der Waals surface area contributed by atoms with Gasteiger partial charge in [-0.25, -0.2) is 0 Å². The van der Waals surface area contributed by atoms with Crippen molar-refractivity contribution >= 4 is 17.6 Å². The Morgan fingerprint density at radius 3 is 2.84 bits per heavy atom. The zero-order valence-corrected chi connectivity index (χ0v) is 11.4. The van der Waals surface area contributed by atoms with Gasteiger partial charge in [0.2, 0.25) is 5.91 Å². The minimum Gasteiger partial charge on any atom is -0.469 e. The topological polar surface area (TPSA) is 46.6 Å². The average Bonchev–Trinajstić information content (AvgIpc) is 2.81. The first-order valence-electron chi connectivity index (χ1n) is 6.58. The first-order valence-corrected chi connectivity index (χ1v) is 6.58. The third-order valence-electron chi connectivity index (χ3n) is 3.43. The monoisotopic (exact) mass is 261 g/mol. The highest BCUT2D eigenvalue weighted by molar-refractivity contribution is 5.95. The largest absolute Gasteiger partial charge is 0.469 e. The number of aryl methyl sites for hydroxylation is 1. The van der Waals surface area contributed by atoms with Crippen molar-refractivity contribution in [2.24, 2.45) is 0 Å². The number of nitrogens with zero attached hydrogens (tertiary/aromatic N) is 1. The molecule has 0 saturated heterocycles. The molecular weight excluding hydrogens is 242 g/mol. The van der Waals surface area contributed by atoms with Gasteiger partial charge in [-0.2, -0.15) is 0 Å². The summed E-state index contributed by atoms with van der Waals surface area (Å²) in [5.41, 5.74) is 3.48. The molecule has 4 heteroatoms. The minimum atomic E-state index is -0.259. The lowest BCUT2D eigenvalue weighted by atomic mass is 10.1. The maximum Gasteiger partial charge on any atom is 0.305 e. The van der Waals surface area contributed by atoms with Gasteiger partial charge in [0.1, 0.15) is 0 Å². The molecule has 0 bridgehead atoms. The summed E-state index contributed by atoms with van der Waals surface area (Å²) in [5, 5.41) is 0. The first-order chi connectivity index (χ1) is 9.11. The molecule has 0 radical (unpaired) electrons. The van der Waals surface area contributed by atoms with Crippen LogP contribution >= 0.6 is 0 Å². The van der Waals surface area contributed by atoms with Gasteiger partial charge in [-0.3, -0.25) is 9.59 Å². The highest BCUT2D eigenvalue weighted by atomic mass is 16.5. The molecule has 0 atom stereocenters. The molecule has 102 valence electrons. The van der Waals surface area contributed by atoms with Gasteiger partial charge in [0.05, 0.1) is 7.11 Å². The summed E-state index contributed by atoms with van der Waals surface area (Å²) in [6.07, 6.45) is 2.15. The van der Waals surface area contributed by atoms with Gasteiger partial charge in [-0.05, 0) is 31.4 Å². The molecule has 0 saturated carbocycles. The fourth-order valence-corrected chi connectivity index (χ4v) is 2.41. The van der Waals surface area contributed by atoms with Crippen LogP contribution in [0, 0.1) is 6.92 Å². The summed E-state index contributed by atoms with van der Waals surface area (Å²) >= 11 is 0. The zero-order valence-electron chi connectivity index (χ0n) is 11.4. The van der Waals surface area contributed by atoms with E-state index in [4.69, 9.17) is 0 Å². The fourth-order valence-electron chi connectivity index (χ4n) is 2.41. The molecule has 0 unspecified atom stereocenters. The Balaban J connectivity index is 1.94. The van der Waals surface area contributed by atoms with E-state index in [0.717, 1.165) is 18.7 Å². The van der Waals surface area contributed by atoms with Crippen molar-refractivity contribution in [1.29, 1.82) is 0 Å². The number of fused-ring (bicyclic) bond motifs is 1. The molecule has 0 fully saturated rings. The lowest BCUT2D eigenvalue weighted by Gasteiger charge is -2.17. The molecule has 0 spiro atoms. The Hall–Kier alpha value is -1.84. The lowest BCUT2D eigenvalue weighted by Crippen LogP contribution is -2.28. The van der Waals surface area contributed by atoms with Gasteiger partial charge in [0.25, 0.3) is 0 Å². The number of carbonyl (C=O) groups excluding carboxylic acids is 2. The number of benzene rings is 1. The summed E-state index contributed by atoms with van der Waals surface area (Å²) in [5.74, 6) is -0.170. The second-order valence-corrected chi connectivity index (χ2v) is 4.86. The van der Waals surface area contributed by atoms with E-state index in [1.54, 1.807) is 0 Å². The van der Waals surface area contributed by atoms with E-state index in [1.807, 2.05) is 17.0 Å². The van der Waals surface area contributed by atoms with Crippen molar-refractivity contribution in [3.8, 4) is 0 Å². The average molecular weight is 261 g/mol. The van der Waals surface area contributed by atoms with E-state index in [9.17, 15) is 9.59 Å². The normalized spacial score (nSPS) is 13.3. The second-order valence-electron chi connectivity index (χ2n) is 4.86. The van der Waals surface area contributed by atoms with Crippen LogP contribution in [0.4, 0.5) is 5.69 Å². The number of hydrogen-bond acceptors (Lipinski definition) is 3. The third kappa shape index (κ3) is 3.13. The second kappa shape index (κ2) is 5.87. The molecule has 1 heterocycles. The highest BCUT2D eigenvalue weighted by Crippen LogP contribution is 2.29. The van der Waals surface area contributed by atoms with Crippen LogP contribution in [0.5, 0.6) is 0 Å². The maximum atomic E-state index is 12.1. The Morgan fingerprint density at radius 1 is 1.32 bits per heavy atom. The molecule has 19 heavy (non-hydrogen) atoms. The summed E-state index contributed by atoms with van der Waals surface area (Å²) in [7, 11) is 1.36. The molecule has 1 amide bonds. The minimum absolute atomic E-state index is 0.0894. The summed E-state index contributed by atoms with van der Waals surface area (Å²) < 4.78 is 4.56. The van der Waals surface area contributed by atoms with Crippen molar-refractivity contribution in [1.82, 2.24) is 0 Å². The number of amides is 1. The number of hydrogen-bond donors (Lipinski definition) is 0. The summed E-state index contributed by atoms with van der Waals surface area (Å²) in [6, 6.07) is 6.17. The van der Waals surface area contributed by atoms with Gasteiger partial charge in [0, 0.05) is 25.1 Å². The summed E-state index contributed by atoms with van der Waals surface area (Å²) in [4.78, 5) is 25.0. The molecule has 1 aliphatic rings. The van der Waals surface area contributed by atoms with E-state index in [2.05, 4.69) is 17.7 Å². The van der Waals surface area contributed by atoms with Gasteiger partial charge < -0.3 is 9.64 Å². The van der Waals surface area contributed by atoms with Crippen molar-refractivity contribution in [2.45, 2.75) is 32.6 Å². The maximum absolute atomic E-state index is 12.1. The van der Waals surface area contributed by atoms with Crippen LogP contribution in [-0.2, 0) is 20.7 Å². The van der Waals surface area contributed by atoms with Crippen LogP contribution in [0.15, 0.2) is 18.2 Å². The Kier molecular flexibility index (Phi) is 4.20. The van der Waals surface area contributed by atoms with Crippen molar-refractivity contribution < 1.29 is 14.3 Å². The van der Waals surface area contributed by atoms with Crippen molar-refractivity contribution in [3.63, 3.8) is 0 Å². The third-order valence-corrected chi connectivity index (χ3v) is 3.43. The predicted molar refractivity (Wildman–Crippen MR) is 73.1 cm³/mol. The smallest absolute Gasteiger partial charge is 0.305 e. The Morgan fingerprint density at radius 2 is 2.11 bits per heavy atom. The van der Waals surface area contributed by atoms with Crippen LogP contribution in [0.3, 0.4) is 0 Å². The molecule has 4 nitrogen and oxygen atoms in total. The number of ether oxygens (including phenoxy) is 1. The SMILES string of the molecule is COC(=O)CCCC(=O)N1CCc2cc(C)ccc21. The van der Waals surface area contributed by atoms with Gasteiger partial charge in [-0.1, -0.05) is 17.7 Å². The summed E-state index contributed by atoms with van der Waals surface area (Å²) in [6.45, 7) is 2.80. The van der Waals surface area contributed by atoms with Crippen LogP contribution in [-0.4, -0.2) is 25.5 Å². The van der Waals surface area contributed by atoms with Gasteiger partial charge >= 0.3 is 5.97 Å². The van der Waals surface area contributed by atoms with Crippen LogP contribution in [0.2, 0.25) is 0 Å². The highest BCUT2D eigenvalue weighted by Gasteiger charge is 2.24. The van der Waals surface area contributed by atoms with E-state index < -0.39 is 0 Å². The Bertz CT molecular complexity index is 496. The van der Waals surface area contributed by atoms with Crippen molar-refractivity contribution in [3.05, 3.63) is 29.3 Å². The van der Waals surface area contributed by atoms with Gasteiger partial charge in [0.15, 0.2) is 0 Å². The molecule has 1 aliphatic heterocycles. The standard InChI is InChI=1S/C15H19NO3/c1-11-6-7-13-12(10-11)8-9-16(13)14(17)4-3-5-15(18)19-2/h6-7,10H,3-5,8-9H2,1-2H3. The predicted octanol–water partition coefficient (Wildman–Crippen LogP) is 2.23. The lowest BCUT2D eigenvalue weighted by molar-refractivity contribution is -0.140. The number of methoxy groups -OCH3 is 1. The molecule has 1 aromatic carbocycles. The molecule has 2 rings (SSSR count). The van der Waals surface area contributed by atoms with Gasteiger partial charge in [-0.15, -0.1) is 0 Å². The van der Waals surface area contributed by atoms with Crippen molar-refractivity contribution in [2.75, 3.05) is 18.6 Å². The fraction of sp³-hybridized carbons (Fsp3) is 0.467. The first kappa shape index (κ1) is 13.6. The molecule has 1 aromatic rings. The van der Waals surface area contributed by atoms with Crippen LogP contribution < -0.4 is 4.90 Å². The molecular formula is C15H19NO3. The Labute approximate surface area is 113 Å². The van der Waals surface area contributed by atoms with Crippen LogP contribution in [0.1, 0.15) is 30.4 Å². The number of esters is 1. The number of rotatable bonds is 4. The number of carbonyl (C=O) groups is 2. The molecule has 0 N–H and O–H groups in total. The zero-order chi connectivity index (χ0) is 13.8. The van der Waals surface area contributed by atoms with E-state index in [1.165, 1.54) is 18.2 Å².